The Kier molecular flexibility index (Phi) is 5.95. The van der Waals surface area contributed by atoms with Gasteiger partial charge in [-0.05, 0) is 56.3 Å². The minimum absolute atomic E-state index is 0.0699. The van der Waals surface area contributed by atoms with Crippen LogP contribution in [0.1, 0.15) is 35.6 Å². The first-order valence-corrected chi connectivity index (χ1v) is 9.88. The average Bonchev–Trinajstić information content (AvgIpc) is 3.24. The molecule has 0 N–H and O–H groups in total. The summed E-state index contributed by atoms with van der Waals surface area (Å²) in [5, 5.41) is 12.5. The number of carbonyl (C=O) groups is 1. The molecule has 0 aliphatic heterocycles. The first-order valence-electron chi connectivity index (χ1n) is 8.90. The lowest BCUT2D eigenvalue weighted by Gasteiger charge is -2.10. The SMILES string of the molecule is CCOc1ccccc1-n1nnnc1SCC(=O)c1cc(C)n(CC)c1C. The summed E-state index contributed by atoms with van der Waals surface area (Å²) >= 11 is 1.32. The molecule has 142 valence electrons. The average molecular weight is 385 g/mol. The summed E-state index contributed by atoms with van der Waals surface area (Å²) in [6.07, 6.45) is 0. The van der Waals surface area contributed by atoms with E-state index in [2.05, 4.69) is 27.0 Å². The molecule has 3 aromatic rings. The van der Waals surface area contributed by atoms with E-state index in [1.54, 1.807) is 4.68 Å². The number of ether oxygens (including phenoxy) is 1. The molecule has 0 unspecified atom stereocenters. The first kappa shape index (κ1) is 19.2. The summed E-state index contributed by atoms with van der Waals surface area (Å²) in [6.45, 7) is 9.41. The van der Waals surface area contributed by atoms with Crippen LogP contribution in [0.25, 0.3) is 5.69 Å². The van der Waals surface area contributed by atoms with Crippen molar-refractivity contribution in [3.8, 4) is 11.4 Å². The normalized spacial score (nSPS) is 11.0. The second kappa shape index (κ2) is 8.39. The number of tetrazole rings is 1. The Morgan fingerprint density at radius 1 is 1.22 bits per heavy atom. The Hall–Kier alpha value is -2.61. The lowest BCUT2D eigenvalue weighted by Crippen LogP contribution is -2.08. The quantitative estimate of drug-likeness (QED) is 0.437. The summed E-state index contributed by atoms with van der Waals surface area (Å²) in [6, 6.07) is 9.52. The van der Waals surface area contributed by atoms with Gasteiger partial charge in [-0.3, -0.25) is 4.79 Å². The maximum atomic E-state index is 12.7. The van der Waals surface area contributed by atoms with E-state index in [0.717, 1.165) is 29.2 Å². The Morgan fingerprint density at radius 2 is 2.00 bits per heavy atom. The van der Waals surface area contributed by atoms with Crippen molar-refractivity contribution in [2.45, 2.75) is 39.4 Å². The molecule has 2 aromatic heterocycles. The Morgan fingerprint density at radius 3 is 2.70 bits per heavy atom. The molecule has 0 bridgehead atoms. The molecule has 0 saturated carbocycles. The second-order valence-electron chi connectivity index (χ2n) is 6.01. The maximum absolute atomic E-state index is 12.7. The van der Waals surface area contributed by atoms with Gasteiger partial charge in [-0.2, -0.15) is 4.68 Å². The Labute approximate surface area is 162 Å². The standard InChI is InChI=1S/C19H23N5O2S/c1-5-23-13(3)11-15(14(23)4)17(25)12-27-19-20-21-22-24(19)16-9-7-8-10-18(16)26-6-2/h7-11H,5-6,12H2,1-4H3. The zero-order valence-corrected chi connectivity index (χ0v) is 16.8. The van der Waals surface area contributed by atoms with E-state index in [0.29, 0.717) is 17.5 Å². The number of nitrogens with zero attached hydrogens (tertiary/aromatic N) is 5. The molecule has 0 saturated heterocycles. The first-order chi connectivity index (χ1) is 13.1. The van der Waals surface area contributed by atoms with Crippen LogP contribution in [0.4, 0.5) is 0 Å². The molecule has 1 aromatic carbocycles. The van der Waals surface area contributed by atoms with Gasteiger partial charge in [-0.1, -0.05) is 23.9 Å². The van der Waals surface area contributed by atoms with Gasteiger partial charge in [0, 0.05) is 23.5 Å². The third kappa shape index (κ3) is 3.90. The molecular formula is C19H23N5O2S. The highest BCUT2D eigenvalue weighted by molar-refractivity contribution is 7.99. The van der Waals surface area contributed by atoms with Gasteiger partial charge in [0.05, 0.1) is 12.4 Å². The van der Waals surface area contributed by atoms with E-state index in [1.807, 2.05) is 51.1 Å². The molecule has 0 radical (unpaired) electrons. The van der Waals surface area contributed by atoms with Crippen LogP contribution >= 0.6 is 11.8 Å². The van der Waals surface area contributed by atoms with Crippen molar-refractivity contribution in [2.75, 3.05) is 12.4 Å². The van der Waals surface area contributed by atoms with Crippen LogP contribution in [0, 0.1) is 13.8 Å². The van der Waals surface area contributed by atoms with E-state index in [-0.39, 0.29) is 11.5 Å². The van der Waals surface area contributed by atoms with Crippen LogP contribution < -0.4 is 4.74 Å². The zero-order chi connectivity index (χ0) is 19.4. The van der Waals surface area contributed by atoms with Crippen LogP contribution in [0.3, 0.4) is 0 Å². The van der Waals surface area contributed by atoms with Gasteiger partial charge in [0.15, 0.2) is 5.78 Å². The number of hydrogen-bond donors (Lipinski definition) is 0. The minimum atomic E-state index is 0.0699. The number of thioether (sulfide) groups is 1. The lowest BCUT2D eigenvalue weighted by atomic mass is 10.2. The molecule has 0 atom stereocenters. The second-order valence-corrected chi connectivity index (χ2v) is 6.96. The van der Waals surface area contributed by atoms with Crippen LogP contribution in [0.5, 0.6) is 5.75 Å². The van der Waals surface area contributed by atoms with E-state index < -0.39 is 0 Å². The number of hydrogen-bond acceptors (Lipinski definition) is 6. The molecule has 2 heterocycles. The molecule has 0 amide bonds. The van der Waals surface area contributed by atoms with Crippen LogP contribution in [0.15, 0.2) is 35.5 Å². The molecule has 8 heteroatoms. The number of Topliss-reactive ketones (excluding diaryl/α,β-unsaturated/α-hetero) is 1. The highest BCUT2D eigenvalue weighted by Crippen LogP contribution is 2.27. The third-order valence-electron chi connectivity index (χ3n) is 4.36. The summed E-state index contributed by atoms with van der Waals surface area (Å²) in [5.41, 5.74) is 3.61. The molecule has 0 aliphatic rings. The fourth-order valence-corrected chi connectivity index (χ4v) is 3.87. The number of benzene rings is 1. The van der Waals surface area contributed by atoms with E-state index >= 15 is 0 Å². The molecular weight excluding hydrogens is 362 g/mol. The zero-order valence-electron chi connectivity index (χ0n) is 16.0. The third-order valence-corrected chi connectivity index (χ3v) is 5.28. The van der Waals surface area contributed by atoms with E-state index in [4.69, 9.17) is 4.74 Å². The Balaban J connectivity index is 1.79. The summed E-state index contributed by atoms with van der Waals surface area (Å²) in [5.74, 6) is 1.04. The summed E-state index contributed by atoms with van der Waals surface area (Å²) in [7, 11) is 0. The minimum Gasteiger partial charge on any atom is -0.492 e. The highest BCUT2D eigenvalue weighted by atomic mass is 32.2. The molecule has 27 heavy (non-hydrogen) atoms. The van der Waals surface area contributed by atoms with Gasteiger partial charge in [0.1, 0.15) is 11.4 Å². The van der Waals surface area contributed by atoms with Crippen molar-refractivity contribution < 1.29 is 9.53 Å². The van der Waals surface area contributed by atoms with E-state index in [1.165, 1.54) is 11.8 Å². The van der Waals surface area contributed by atoms with Gasteiger partial charge < -0.3 is 9.30 Å². The molecule has 3 rings (SSSR count). The number of rotatable bonds is 8. The van der Waals surface area contributed by atoms with Gasteiger partial charge in [0.25, 0.3) is 0 Å². The van der Waals surface area contributed by atoms with Crippen molar-refractivity contribution in [3.05, 3.63) is 47.3 Å². The predicted molar refractivity (Wildman–Crippen MR) is 105 cm³/mol. The summed E-state index contributed by atoms with van der Waals surface area (Å²) in [4.78, 5) is 12.7. The summed E-state index contributed by atoms with van der Waals surface area (Å²) < 4.78 is 9.41. The van der Waals surface area contributed by atoms with Crippen LogP contribution in [-0.2, 0) is 6.54 Å². The fraction of sp³-hybridized carbons (Fsp3) is 0.368. The molecule has 0 spiro atoms. The van der Waals surface area contributed by atoms with E-state index in [9.17, 15) is 4.79 Å². The van der Waals surface area contributed by atoms with Crippen LogP contribution in [0.2, 0.25) is 0 Å². The topological polar surface area (TPSA) is 74.8 Å². The molecule has 7 nitrogen and oxygen atoms in total. The number of ketones is 1. The highest BCUT2D eigenvalue weighted by Gasteiger charge is 2.18. The maximum Gasteiger partial charge on any atom is 0.214 e. The van der Waals surface area contributed by atoms with Crippen LogP contribution in [-0.4, -0.2) is 42.9 Å². The van der Waals surface area contributed by atoms with Gasteiger partial charge in [-0.15, -0.1) is 5.10 Å². The number of aryl methyl sites for hydroxylation is 1. The Bertz CT molecular complexity index is 947. The fourth-order valence-electron chi connectivity index (χ4n) is 3.11. The predicted octanol–water partition coefficient (Wildman–Crippen LogP) is 3.47. The molecule has 0 fully saturated rings. The largest absolute Gasteiger partial charge is 0.492 e. The smallest absolute Gasteiger partial charge is 0.214 e. The van der Waals surface area contributed by atoms with Crippen molar-refractivity contribution >= 4 is 17.5 Å². The van der Waals surface area contributed by atoms with Crippen molar-refractivity contribution in [3.63, 3.8) is 0 Å². The van der Waals surface area contributed by atoms with Crippen molar-refractivity contribution in [1.29, 1.82) is 0 Å². The van der Waals surface area contributed by atoms with Gasteiger partial charge >= 0.3 is 0 Å². The lowest BCUT2D eigenvalue weighted by molar-refractivity contribution is 0.102. The van der Waals surface area contributed by atoms with Gasteiger partial charge in [-0.25, -0.2) is 0 Å². The van der Waals surface area contributed by atoms with Crippen molar-refractivity contribution in [2.24, 2.45) is 0 Å². The number of aromatic nitrogens is 5. The van der Waals surface area contributed by atoms with Crippen molar-refractivity contribution in [1.82, 2.24) is 24.8 Å². The molecule has 0 aliphatic carbocycles. The number of para-hydroxylation sites is 2. The van der Waals surface area contributed by atoms with Gasteiger partial charge in [0.2, 0.25) is 5.16 Å². The number of carbonyl (C=O) groups excluding carboxylic acids is 1. The monoisotopic (exact) mass is 385 g/mol.